The minimum atomic E-state index is -0.605. The molecular formula is C18H16N2O5. The molecule has 1 aliphatic rings. The Hall–Kier alpha value is -3.35. The van der Waals surface area contributed by atoms with Gasteiger partial charge in [0, 0.05) is 11.3 Å². The summed E-state index contributed by atoms with van der Waals surface area (Å²) >= 11 is 0. The molecule has 0 aliphatic carbocycles. The number of benzene rings is 2. The Morgan fingerprint density at radius 1 is 1.16 bits per heavy atom. The van der Waals surface area contributed by atoms with Gasteiger partial charge in [0.05, 0.1) is 12.1 Å². The molecule has 1 fully saturated rings. The Morgan fingerprint density at radius 2 is 1.96 bits per heavy atom. The minimum Gasteiger partial charge on any atom is -0.447 e. The molecule has 2 aromatic carbocycles. The van der Waals surface area contributed by atoms with Crippen LogP contribution in [0.4, 0.5) is 10.5 Å². The van der Waals surface area contributed by atoms with Crippen molar-refractivity contribution >= 4 is 23.7 Å². The topological polar surface area (TPSA) is 98.9 Å². The second kappa shape index (κ2) is 6.64. The van der Waals surface area contributed by atoms with Gasteiger partial charge in [-0.3, -0.25) is 9.69 Å². The fourth-order valence-electron chi connectivity index (χ4n) is 2.45. The first-order valence-corrected chi connectivity index (χ1v) is 7.62. The molecule has 7 heteroatoms. The highest BCUT2D eigenvalue weighted by Gasteiger charge is 2.24. The van der Waals surface area contributed by atoms with Crippen molar-refractivity contribution < 1.29 is 23.9 Å². The van der Waals surface area contributed by atoms with Crippen molar-refractivity contribution in [3.8, 4) is 5.75 Å². The molecule has 0 bridgehead atoms. The molecule has 128 valence electrons. The molecule has 0 aromatic heterocycles. The van der Waals surface area contributed by atoms with Gasteiger partial charge in [-0.1, -0.05) is 12.1 Å². The lowest BCUT2D eigenvalue weighted by Crippen LogP contribution is -2.23. The summed E-state index contributed by atoms with van der Waals surface area (Å²) in [5, 5.41) is 0. The molecule has 0 spiro atoms. The Bertz CT molecular complexity index is 862. The Balaban J connectivity index is 1.83. The third-order valence-electron chi connectivity index (χ3n) is 3.83. The zero-order chi connectivity index (χ0) is 18.0. The highest BCUT2D eigenvalue weighted by Crippen LogP contribution is 2.23. The molecule has 1 heterocycles. The van der Waals surface area contributed by atoms with Gasteiger partial charge < -0.3 is 15.2 Å². The van der Waals surface area contributed by atoms with E-state index in [0.29, 0.717) is 24.4 Å². The van der Waals surface area contributed by atoms with Crippen molar-refractivity contribution in [2.24, 2.45) is 5.73 Å². The third-order valence-corrected chi connectivity index (χ3v) is 3.83. The first kappa shape index (κ1) is 16.5. The van der Waals surface area contributed by atoms with Crippen LogP contribution in [0.3, 0.4) is 0 Å². The van der Waals surface area contributed by atoms with Crippen molar-refractivity contribution in [2.45, 2.75) is 6.92 Å². The second-order valence-corrected chi connectivity index (χ2v) is 5.55. The number of nitrogens with two attached hydrogens (primary N) is 1. The Kier molecular flexibility index (Phi) is 4.38. The highest BCUT2D eigenvalue weighted by molar-refractivity contribution is 5.96. The zero-order valence-electron chi connectivity index (χ0n) is 13.5. The van der Waals surface area contributed by atoms with Crippen molar-refractivity contribution in [1.29, 1.82) is 0 Å². The number of rotatable bonds is 4. The molecule has 2 amide bonds. The molecular weight excluding hydrogens is 324 g/mol. The second-order valence-electron chi connectivity index (χ2n) is 5.55. The Labute approximate surface area is 143 Å². The van der Waals surface area contributed by atoms with Gasteiger partial charge in [0.2, 0.25) is 5.91 Å². The molecule has 1 aliphatic heterocycles. The van der Waals surface area contributed by atoms with Crippen LogP contribution in [0.2, 0.25) is 0 Å². The zero-order valence-corrected chi connectivity index (χ0v) is 13.5. The quantitative estimate of drug-likeness (QED) is 0.680. The first-order chi connectivity index (χ1) is 12.0. The van der Waals surface area contributed by atoms with E-state index in [4.69, 9.17) is 15.2 Å². The number of primary amides is 1. The van der Waals surface area contributed by atoms with Gasteiger partial charge in [-0.15, -0.1) is 0 Å². The number of amides is 2. The van der Waals surface area contributed by atoms with E-state index in [0.717, 1.165) is 0 Å². The van der Waals surface area contributed by atoms with E-state index in [1.54, 1.807) is 43.3 Å². The first-order valence-electron chi connectivity index (χ1n) is 7.62. The monoisotopic (exact) mass is 340 g/mol. The van der Waals surface area contributed by atoms with E-state index >= 15 is 0 Å². The largest absolute Gasteiger partial charge is 0.447 e. The van der Waals surface area contributed by atoms with Crippen molar-refractivity contribution in [1.82, 2.24) is 0 Å². The molecule has 2 aromatic rings. The van der Waals surface area contributed by atoms with Crippen LogP contribution >= 0.6 is 0 Å². The van der Waals surface area contributed by atoms with Crippen LogP contribution in [-0.2, 0) is 4.74 Å². The molecule has 0 radical (unpaired) electrons. The SMILES string of the molecule is Cc1ccc(C(N)=O)cc1OC(=O)c1cccc(N2CCOC2=O)c1. The number of cyclic esters (lactones) is 1. The maximum atomic E-state index is 12.4. The summed E-state index contributed by atoms with van der Waals surface area (Å²) in [5.74, 6) is -0.946. The normalized spacial score (nSPS) is 13.5. The maximum absolute atomic E-state index is 12.4. The standard InChI is InChI=1S/C18H16N2O5/c1-11-5-6-12(16(19)21)10-15(11)25-17(22)13-3-2-4-14(9-13)20-7-8-24-18(20)23/h2-6,9-10H,7-8H2,1H3,(H2,19,21). The van der Waals surface area contributed by atoms with Crippen LogP contribution in [-0.4, -0.2) is 31.1 Å². The third kappa shape index (κ3) is 3.45. The summed E-state index contributed by atoms with van der Waals surface area (Å²) < 4.78 is 10.3. The molecule has 3 rings (SSSR count). The summed E-state index contributed by atoms with van der Waals surface area (Å²) in [6, 6.07) is 11.2. The average Bonchev–Trinajstić information content (AvgIpc) is 3.02. The van der Waals surface area contributed by atoms with E-state index in [1.165, 1.54) is 11.0 Å². The predicted molar refractivity (Wildman–Crippen MR) is 89.8 cm³/mol. The van der Waals surface area contributed by atoms with Crippen LogP contribution in [0.25, 0.3) is 0 Å². The van der Waals surface area contributed by atoms with Crippen molar-refractivity contribution in [3.63, 3.8) is 0 Å². The summed E-state index contributed by atoms with van der Waals surface area (Å²) in [4.78, 5) is 36.8. The fraction of sp³-hybridized carbons (Fsp3) is 0.167. The van der Waals surface area contributed by atoms with E-state index in [9.17, 15) is 14.4 Å². The summed E-state index contributed by atoms with van der Waals surface area (Å²) in [5.41, 5.74) is 7.03. The summed E-state index contributed by atoms with van der Waals surface area (Å²) in [6.45, 7) is 2.49. The number of aryl methyl sites for hydroxylation is 1. The fourth-order valence-corrected chi connectivity index (χ4v) is 2.45. The number of esters is 1. The molecule has 25 heavy (non-hydrogen) atoms. The van der Waals surface area contributed by atoms with Gasteiger partial charge >= 0.3 is 12.1 Å². The highest BCUT2D eigenvalue weighted by atomic mass is 16.6. The van der Waals surface area contributed by atoms with Gasteiger partial charge in [-0.25, -0.2) is 9.59 Å². The molecule has 1 saturated heterocycles. The molecule has 2 N–H and O–H groups in total. The lowest BCUT2D eigenvalue weighted by Gasteiger charge is -2.14. The van der Waals surface area contributed by atoms with E-state index in [-0.39, 0.29) is 16.9 Å². The average molecular weight is 340 g/mol. The maximum Gasteiger partial charge on any atom is 0.414 e. The van der Waals surface area contributed by atoms with Gasteiger partial charge in [-0.2, -0.15) is 0 Å². The van der Waals surface area contributed by atoms with Gasteiger partial charge in [-0.05, 0) is 42.8 Å². The number of hydrogen-bond acceptors (Lipinski definition) is 5. The van der Waals surface area contributed by atoms with Gasteiger partial charge in [0.1, 0.15) is 12.4 Å². The van der Waals surface area contributed by atoms with Crippen LogP contribution in [0.5, 0.6) is 5.75 Å². The Morgan fingerprint density at radius 3 is 2.64 bits per heavy atom. The molecule has 0 unspecified atom stereocenters. The van der Waals surface area contributed by atoms with E-state index < -0.39 is 18.0 Å². The van der Waals surface area contributed by atoms with Crippen molar-refractivity contribution in [3.05, 3.63) is 59.2 Å². The van der Waals surface area contributed by atoms with Crippen LogP contribution in [0.1, 0.15) is 26.3 Å². The van der Waals surface area contributed by atoms with Gasteiger partial charge in [0.15, 0.2) is 0 Å². The number of anilines is 1. The number of hydrogen-bond donors (Lipinski definition) is 1. The summed E-state index contributed by atoms with van der Waals surface area (Å²) in [6.07, 6.45) is -0.449. The summed E-state index contributed by atoms with van der Waals surface area (Å²) in [7, 11) is 0. The molecule has 0 atom stereocenters. The lowest BCUT2D eigenvalue weighted by atomic mass is 10.1. The smallest absolute Gasteiger partial charge is 0.414 e. The van der Waals surface area contributed by atoms with Crippen LogP contribution < -0.4 is 15.4 Å². The lowest BCUT2D eigenvalue weighted by molar-refractivity contribution is 0.0732. The van der Waals surface area contributed by atoms with E-state index in [1.807, 2.05) is 0 Å². The number of carbonyl (C=O) groups is 3. The predicted octanol–water partition coefficient (Wildman–Crippen LogP) is 2.27. The van der Waals surface area contributed by atoms with Gasteiger partial charge in [0.25, 0.3) is 0 Å². The van der Waals surface area contributed by atoms with Crippen molar-refractivity contribution in [2.75, 3.05) is 18.1 Å². The molecule has 0 saturated carbocycles. The number of nitrogens with zero attached hydrogens (tertiary/aromatic N) is 1. The van der Waals surface area contributed by atoms with E-state index in [2.05, 4.69) is 0 Å². The molecule has 7 nitrogen and oxygen atoms in total. The number of ether oxygens (including phenoxy) is 2. The van der Waals surface area contributed by atoms with Crippen LogP contribution in [0.15, 0.2) is 42.5 Å². The van der Waals surface area contributed by atoms with Crippen LogP contribution in [0, 0.1) is 6.92 Å². The minimum absolute atomic E-state index is 0.252. The number of carbonyl (C=O) groups excluding carboxylic acids is 3.